The lowest BCUT2D eigenvalue weighted by Gasteiger charge is -2.37. The Morgan fingerprint density at radius 3 is 1.90 bits per heavy atom. The van der Waals surface area contributed by atoms with Crippen molar-refractivity contribution in [1.29, 1.82) is 0 Å². The molecule has 102 valence electrons. The summed E-state index contributed by atoms with van der Waals surface area (Å²) in [6.07, 6.45) is 0. The van der Waals surface area contributed by atoms with Crippen LogP contribution in [0.3, 0.4) is 0 Å². The summed E-state index contributed by atoms with van der Waals surface area (Å²) in [6.45, 7) is -1.71. The molecule has 2 aromatic rings. The fourth-order valence-electron chi connectivity index (χ4n) is 2.74. The van der Waals surface area contributed by atoms with Gasteiger partial charge in [-0.25, -0.2) is 0 Å². The van der Waals surface area contributed by atoms with Crippen LogP contribution in [0.2, 0.25) is 0 Å². The van der Waals surface area contributed by atoms with Crippen LogP contribution in [0.25, 0.3) is 0 Å². The predicted octanol–water partition coefficient (Wildman–Crippen LogP) is 0.688. The van der Waals surface area contributed by atoms with Crippen molar-refractivity contribution >= 4 is 36.0 Å². The van der Waals surface area contributed by atoms with E-state index in [9.17, 15) is 4.79 Å². The monoisotopic (exact) mass is 284 g/mol. The van der Waals surface area contributed by atoms with E-state index in [-0.39, 0.29) is 12.0 Å². The third-order valence-electron chi connectivity index (χ3n) is 3.73. The van der Waals surface area contributed by atoms with Crippen LogP contribution in [0.5, 0.6) is 0 Å². The summed E-state index contributed by atoms with van der Waals surface area (Å²) in [5.41, 5.74) is 1.94. The second-order valence-electron chi connectivity index (χ2n) is 4.95. The second-order valence-corrected chi connectivity index (χ2v) is 5.31. The van der Waals surface area contributed by atoms with Crippen molar-refractivity contribution < 1.29 is 9.45 Å². The molecule has 0 saturated carbocycles. The standard InChI is InChI=1S/C15H15BNO2S/c18-15-14(11-20)17-16(19-15,12-7-3-1-4-8-12)13-9-5-2-6-10-13/h1-10,14,17,20H,11H2/q-1/t14-/m1/s1. The number of carbonyl (C=O) groups is 1. The molecule has 20 heavy (non-hydrogen) atoms. The molecular weight excluding hydrogens is 269 g/mol. The van der Waals surface area contributed by atoms with E-state index in [2.05, 4.69) is 17.9 Å². The Bertz CT molecular complexity index is 566. The molecule has 1 heterocycles. The third-order valence-corrected chi connectivity index (χ3v) is 4.10. The zero-order chi connectivity index (χ0) is 14.0. The van der Waals surface area contributed by atoms with Crippen LogP contribution in [0, 0.1) is 0 Å². The molecule has 1 atom stereocenters. The number of nitrogens with one attached hydrogen (secondary N) is 1. The van der Waals surface area contributed by atoms with Gasteiger partial charge in [0.25, 0.3) is 12.5 Å². The summed E-state index contributed by atoms with van der Waals surface area (Å²) in [6, 6.07) is 19.2. The highest BCUT2D eigenvalue weighted by atomic mass is 32.1. The first kappa shape index (κ1) is 13.3. The Balaban J connectivity index is 2.13. The number of hydrogen-bond donors (Lipinski definition) is 2. The Labute approximate surface area is 123 Å². The van der Waals surface area contributed by atoms with Crippen LogP contribution in [-0.2, 0) is 9.45 Å². The summed E-state index contributed by atoms with van der Waals surface area (Å²) in [4.78, 5) is 12.0. The van der Waals surface area contributed by atoms with Crippen LogP contribution in [0.15, 0.2) is 60.7 Å². The summed E-state index contributed by atoms with van der Waals surface area (Å²) in [7, 11) is 0. The fourth-order valence-corrected chi connectivity index (χ4v) is 2.99. The van der Waals surface area contributed by atoms with Gasteiger partial charge in [0.2, 0.25) is 0 Å². The van der Waals surface area contributed by atoms with Crippen molar-refractivity contribution in [1.82, 2.24) is 5.23 Å². The lowest BCUT2D eigenvalue weighted by Crippen LogP contribution is -2.68. The van der Waals surface area contributed by atoms with Crippen molar-refractivity contribution in [3.05, 3.63) is 60.7 Å². The molecule has 1 fully saturated rings. The Morgan fingerprint density at radius 2 is 1.50 bits per heavy atom. The number of benzene rings is 2. The first-order chi connectivity index (χ1) is 9.76. The van der Waals surface area contributed by atoms with Gasteiger partial charge in [0, 0.05) is 5.75 Å². The SMILES string of the molecule is O=C1O[B-](c2ccccc2)(c2ccccc2)N[C@@H]1CS. The van der Waals surface area contributed by atoms with E-state index >= 15 is 0 Å². The molecule has 1 saturated heterocycles. The third kappa shape index (κ3) is 2.13. The fraction of sp³-hybridized carbons (Fsp3) is 0.133. The summed E-state index contributed by atoms with van der Waals surface area (Å²) in [5, 5.41) is 3.35. The molecule has 0 bridgehead atoms. The average Bonchev–Trinajstić information content (AvgIpc) is 2.87. The largest absolute Gasteiger partial charge is 0.667 e. The summed E-state index contributed by atoms with van der Waals surface area (Å²) >= 11 is 4.22. The van der Waals surface area contributed by atoms with Crippen molar-refractivity contribution in [2.24, 2.45) is 0 Å². The summed E-state index contributed by atoms with van der Waals surface area (Å²) in [5.74, 6) is 0.176. The molecule has 3 nitrogen and oxygen atoms in total. The molecule has 5 heteroatoms. The van der Waals surface area contributed by atoms with Gasteiger partial charge in [-0.1, -0.05) is 60.7 Å². The normalized spacial score (nSPS) is 20.6. The zero-order valence-electron chi connectivity index (χ0n) is 10.9. The van der Waals surface area contributed by atoms with Gasteiger partial charge >= 0.3 is 0 Å². The first-order valence-electron chi connectivity index (χ1n) is 6.63. The highest BCUT2D eigenvalue weighted by Crippen LogP contribution is 2.15. The van der Waals surface area contributed by atoms with Crippen LogP contribution in [0.4, 0.5) is 0 Å². The van der Waals surface area contributed by atoms with Crippen LogP contribution in [0.1, 0.15) is 0 Å². The molecule has 0 unspecified atom stereocenters. The highest BCUT2D eigenvalue weighted by Gasteiger charge is 2.42. The molecular formula is C15H15BNO2S-. The van der Waals surface area contributed by atoms with Gasteiger partial charge in [0.05, 0.1) is 6.04 Å². The number of rotatable bonds is 3. The van der Waals surface area contributed by atoms with E-state index in [0.717, 1.165) is 10.9 Å². The number of carbonyl (C=O) groups excluding carboxylic acids is 1. The maximum absolute atomic E-state index is 12.0. The molecule has 0 spiro atoms. The van der Waals surface area contributed by atoms with E-state index in [4.69, 9.17) is 4.65 Å². The van der Waals surface area contributed by atoms with Crippen LogP contribution >= 0.6 is 12.6 Å². The van der Waals surface area contributed by atoms with E-state index in [1.165, 1.54) is 0 Å². The van der Waals surface area contributed by atoms with Gasteiger partial charge in [-0.05, 0) is 0 Å². The van der Waals surface area contributed by atoms with E-state index < -0.39 is 6.48 Å². The highest BCUT2D eigenvalue weighted by molar-refractivity contribution is 7.80. The van der Waals surface area contributed by atoms with Gasteiger partial charge in [-0.15, -0.1) is 10.9 Å². The molecule has 1 N–H and O–H groups in total. The quantitative estimate of drug-likeness (QED) is 0.643. The van der Waals surface area contributed by atoms with Gasteiger partial charge in [-0.3, -0.25) is 4.79 Å². The maximum atomic E-state index is 12.0. The lowest BCUT2D eigenvalue weighted by molar-refractivity contribution is -0.133. The molecule has 1 aliphatic heterocycles. The zero-order valence-corrected chi connectivity index (χ0v) is 11.8. The smallest absolute Gasteiger partial charge is 0.293 e. The number of thiol groups is 1. The van der Waals surface area contributed by atoms with E-state index in [0.29, 0.717) is 5.75 Å². The van der Waals surface area contributed by atoms with Crippen LogP contribution in [-0.4, -0.2) is 24.2 Å². The average molecular weight is 284 g/mol. The molecule has 0 aliphatic carbocycles. The van der Waals surface area contributed by atoms with Gasteiger partial charge < -0.3 is 9.88 Å². The minimum absolute atomic E-state index is 0.243. The van der Waals surface area contributed by atoms with Gasteiger partial charge in [-0.2, -0.15) is 12.6 Å². The molecule has 0 amide bonds. The first-order valence-corrected chi connectivity index (χ1v) is 7.27. The molecule has 3 rings (SSSR count). The topological polar surface area (TPSA) is 38.3 Å². The van der Waals surface area contributed by atoms with Crippen molar-refractivity contribution in [2.45, 2.75) is 6.04 Å². The van der Waals surface area contributed by atoms with E-state index in [1.807, 2.05) is 60.7 Å². The molecule has 0 aromatic heterocycles. The van der Waals surface area contributed by atoms with Gasteiger partial charge in [0.15, 0.2) is 0 Å². The minimum Gasteiger partial charge on any atom is -0.667 e. The number of hydrogen-bond acceptors (Lipinski definition) is 4. The Kier molecular flexibility index (Phi) is 3.55. The molecule has 0 radical (unpaired) electrons. The van der Waals surface area contributed by atoms with Crippen molar-refractivity contribution in [2.75, 3.05) is 5.75 Å². The summed E-state index contributed by atoms with van der Waals surface area (Å²) < 4.78 is 5.79. The van der Waals surface area contributed by atoms with E-state index in [1.54, 1.807) is 0 Å². The predicted molar refractivity (Wildman–Crippen MR) is 84.8 cm³/mol. The minimum atomic E-state index is -1.71. The lowest BCUT2D eigenvalue weighted by atomic mass is 9.42. The van der Waals surface area contributed by atoms with Crippen molar-refractivity contribution in [3.63, 3.8) is 0 Å². The van der Waals surface area contributed by atoms with Crippen molar-refractivity contribution in [3.8, 4) is 0 Å². The molecule has 1 aliphatic rings. The van der Waals surface area contributed by atoms with Crippen LogP contribution < -0.4 is 16.2 Å². The maximum Gasteiger partial charge on any atom is 0.293 e. The Hall–Kier alpha value is -1.72. The Morgan fingerprint density at radius 1 is 1.00 bits per heavy atom. The molecule has 2 aromatic carbocycles. The van der Waals surface area contributed by atoms with Gasteiger partial charge in [0.1, 0.15) is 0 Å². The second kappa shape index (κ2) is 5.35.